The lowest BCUT2D eigenvalue weighted by molar-refractivity contribution is 0.264. The normalized spacial score (nSPS) is 12.6. The predicted octanol–water partition coefficient (Wildman–Crippen LogP) is 1.01. The van der Waals surface area contributed by atoms with Crippen molar-refractivity contribution in [3.63, 3.8) is 0 Å². The molecule has 0 bridgehead atoms. The molecule has 1 rings (SSSR count). The zero-order valence-corrected chi connectivity index (χ0v) is 9.24. The van der Waals surface area contributed by atoms with Gasteiger partial charge in [-0.2, -0.15) is 0 Å². The van der Waals surface area contributed by atoms with Crippen LogP contribution in [0.2, 0.25) is 0 Å². The van der Waals surface area contributed by atoms with E-state index < -0.39 is 6.04 Å². The molecule has 0 saturated heterocycles. The van der Waals surface area contributed by atoms with E-state index in [-0.39, 0.29) is 12.4 Å². The fourth-order valence-electron chi connectivity index (χ4n) is 1.66. The molecule has 0 amide bonds. The highest BCUT2D eigenvalue weighted by Crippen LogP contribution is 2.35. The van der Waals surface area contributed by atoms with Crippen LogP contribution in [0.3, 0.4) is 0 Å². The molecule has 4 heteroatoms. The molecule has 0 heterocycles. The Bertz CT molecular complexity index is 363. The summed E-state index contributed by atoms with van der Waals surface area (Å²) in [7, 11) is 1.55. The van der Waals surface area contributed by atoms with Gasteiger partial charge in [-0.1, -0.05) is 0 Å². The number of rotatable bonds is 3. The lowest BCUT2D eigenvalue weighted by Gasteiger charge is -2.17. The maximum absolute atomic E-state index is 9.92. The molecule has 84 valence electrons. The van der Waals surface area contributed by atoms with Gasteiger partial charge in [-0.05, 0) is 25.5 Å². The number of aromatic hydroxyl groups is 1. The van der Waals surface area contributed by atoms with Crippen LogP contribution < -0.4 is 10.5 Å². The molecule has 1 atom stereocenters. The van der Waals surface area contributed by atoms with Gasteiger partial charge < -0.3 is 20.7 Å². The van der Waals surface area contributed by atoms with Gasteiger partial charge in [0.2, 0.25) is 0 Å². The molecule has 1 aromatic rings. The van der Waals surface area contributed by atoms with Crippen LogP contribution in [0.15, 0.2) is 6.07 Å². The number of phenolic OH excluding ortho intramolecular Hbond substituents is 1. The Hall–Kier alpha value is -1.26. The van der Waals surface area contributed by atoms with E-state index in [0.717, 1.165) is 5.56 Å². The highest BCUT2D eigenvalue weighted by Gasteiger charge is 2.17. The van der Waals surface area contributed by atoms with Gasteiger partial charge in [-0.25, -0.2) is 0 Å². The Balaban J connectivity index is 3.35. The van der Waals surface area contributed by atoms with Gasteiger partial charge in [0, 0.05) is 11.1 Å². The minimum atomic E-state index is -0.561. The summed E-state index contributed by atoms with van der Waals surface area (Å²) in [6.45, 7) is 3.38. The largest absolute Gasteiger partial charge is 0.507 e. The molecular formula is C11H17NO3. The quantitative estimate of drug-likeness (QED) is 0.697. The van der Waals surface area contributed by atoms with E-state index in [0.29, 0.717) is 16.9 Å². The number of aliphatic hydroxyl groups is 1. The van der Waals surface area contributed by atoms with Gasteiger partial charge >= 0.3 is 0 Å². The van der Waals surface area contributed by atoms with Crippen LogP contribution in [0.5, 0.6) is 11.5 Å². The van der Waals surface area contributed by atoms with E-state index in [1.807, 2.05) is 6.92 Å². The molecule has 4 N–H and O–H groups in total. The van der Waals surface area contributed by atoms with Gasteiger partial charge in [0.25, 0.3) is 0 Å². The minimum absolute atomic E-state index is 0.105. The lowest BCUT2D eigenvalue weighted by atomic mass is 9.97. The van der Waals surface area contributed by atoms with E-state index in [1.54, 1.807) is 20.1 Å². The maximum Gasteiger partial charge on any atom is 0.127 e. The third-order valence-electron chi connectivity index (χ3n) is 2.54. The summed E-state index contributed by atoms with van der Waals surface area (Å²) in [5, 5.41) is 18.9. The highest BCUT2D eigenvalue weighted by molar-refractivity contribution is 5.53. The smallest absolute Gasteiger partial charge is 0.127 e. The van der Waals surface area contributed by atoms with Gasteiger partial charge in [0.15, 0.2) is 0 Å². The van der Waals surface area contributed by atoms with E-state index in [9.17, 15) is 5.11 Å². The zero-order valence-electron chi connectivity index (χ0n) is 9.24. The van der Waals surface area contributed by atoms with Crippen LogP contribution in [-0.2, 0) is 0 Å². The first-order chi connectivity index (χ1) is 7.02. The SMILES string of the molecule is COc1cc(C)c(C(N)CO)c(O)c1C. The van der Waals surface area contributed by atoms with Crippen LogP contribution in [0.1, 0.15) is 22.7 Å². The van der Waals surface area contributed by atoms with Crippen LogP contribution in [0.25, 0.3) is 0 Å². The number of benzene rings is 1. The Morgan fingerprint density at radius 2 is 2.07 bits per heavy atom. The topological polar surface area (TPSA) is 75.7 Å². The van der Waals surface area contributed by atoms with Gasteiger partial charge in [0.1, 0.15) is 11.5 Å². The Labute approximate surface area is 89.3 Å². The Morgan fingerprint density at radius 1 is 1.47 bits per heavy atom. The summed E-state index contributed by atoms with van der Waals surface area (Å²) in [5.41, 5.74) is 7.74. The van der Waals surface area contributed by atoms with Gasteiger partial charge in [0.05, 0.1) is 19.8 Å². The van der Waals surface area contributed by atoms with Crippen molar-refractivity contribution in [1.29, 1.82) is 0 Å². The molecule has 0 aliphatic carbocycles. The molecule has 0 radical (unpaired) electrons. The molecule has 0 saturated carbocycles. The Morgan fingerprint density at radius 3 is 2.53 bits per heavy atom. The summed E-state index contributed by atoms with van der Waals surface area (Å²) >= 11 is 0. The van der Waals surface area contributed by atoms with Crippen molar-refractivity contribution >= 4 is 0 Å². The van der Waals surface area contributed by atoms with Crippen LogP contribution >= 0.6 is 0 Å². The number of nitrogens with two attached hydrogens (primary N) is 1. The van der Waals surface area contributed by atoms with Gasteiger partial charge in [-0.3, -0.25) is 0 Å². The molecule has 4 nitrogen and oxygen atoms in total. The number of aliphatic hydroxyl groups excluding tert-OH is 1. The number of phenols is 1. The lowest BCUT2D eigenvalue weighted by Crippen LogP contribution is -2.16. The van der Waals surface area contributed by atoms with Crippen molar-refractivity contribution < 1.29 is 14.9 Å². The second kappa shape index (κ2) is 4.51. The number of methoxy groups -OCH3 is 1. The zero-order chi connectivity index (χ0) is 11.6. The van der Waals surface area contributed by atoms with Crippen molar-refractivity contribution in [2.24, 2.45) is 5.73 Å². The first-order valence-corrected chi connectivity index (χ1v) is 4.76. The molecule has 0 fully saturated rings. The third-order valence-corrected chi connectivity index (χ3v) is 2.54. The monoisotopic (exact) mass is 211 g/mol. The number of hydrogen-bond donors (Lipinski definition) is 3. The van der Waals surface area contributed by atoms with Crippen molar-refractivity contribution in [3.05, 3.63) is 22.8 Å². The average Bonchev–Trinajstić information content (AvgIpc) is 2.23. The number of hydrogen-bond acceptors (Lipinski definition) is 4. The van der Waals surface area contributed by atoms with E-state index in [1.165, 1.54) is 0 Å². The van der Waals surface area contributed by atoms with Crippen LogP contribution in [0.4, 0.5) is 0 Å². The van der Waals surface area contributed by atoms with Crippen molar-refractivity contribution in [1.82, 2.24) is 0 Å². The van der Waals surface area contributed by atoms with Gasteiger partial charge in [-0.15, -0.1) is 0 Å². The molecule has 0 aromatic heterocycles. The van der Waals surface area contributed by atoms with E-state index in [2.05, 4.69) is 0 Å². The predicted molar refractivity (Wildman–Crippen MR) is 58.1 cm³/mol. The molecule has 0 aliphatic heterocycles. The molecule has 1 unspecified atom stereocenters. The fraction of sp³-hybridized carbons (Fsp3) is 0.455. The van der Waals surface area contributed by atoms with E-state index >= 15 is 0 Å². The summed E-state index contributed by atoms with van der Waals surface area (Å²) in [6, 6.07) is 1.24. The summed E-state index contributed by atoms with van der Waals surface area (Å²) in [5.74, 6) is 0.729. The van der Waals surface area contributed by atoms with E-state index in [4.69, 9.17) is 15.6 Å². The first kappa shape index (κ1) is 11.8. The third kappa shape index (κ3) is 2.06. The van der Waals surface area contributed by atoms with Crippen molar-refractivity contribution in [2.75, 3.05) is 13.7 Å². The minimum Gasteiger partial charge on any atom is -0.507 e. The molecule has 15 heavy (non-hydrogen) atoms. The van der Waals surface area contributed by atoms with Crippen molar-refractivity contribution in [3.8, 4) is 11.5 Å². The molecule has 0 spiro atoms. The molecule has 0 aliphatic rings. The fourth-order valence-corrected chi connectivity index (χ4v) is 1.66. The second-order valence-corrected chi connectivity index (χ2v) is 3.57. The summed E-state index contributed by atoms with van der Waals surface area (Å²) in [4.78, 5) is 0. The summed E-state index contributed by atoms with van der Waals surface area (Å²) < 4.78 is 5.11. The average molecular weight is 211 g/mol. The standard InChI is InChI=1S/C11H17NO3/c1-6-4-9(15-3)7(2)11(14)10(6)8(12)5-13/h4,8,13-14H,5,12H2,1-3H3. The second-order valence-electron chi connectivity index (χ2n) is 3.57. The number of ether oxygens (including phenoxy) is 1. The highest BCUT2D eigenvalue weighted by atomic mass is 16.5. The first-order valence-electron chi connectivity index (χ1n) is 4.76. The maximum atomic E-state index is 9.92. The van der Waals surface area contributed by atoms with Crippen LogP contribution in [0, 0.1) is 13.8 Å². The van der Waals surface area contributed by atoms with Crippen LogP contribution in [-0.4, -0.2) is 23.9 Å². The van der Waals surface area contributed by atoms with Crippen molar-refractivity contribution in [2.45, 2.75) is 19.9 Å². The number of aryl methyl sites for hydroxylation is 1. The Kier molecular flexibility index (Phi) is 3.55. The molecule has 1 aromatic carbocycles. The summed E-state index contributed by atoms with van der Waals surface area (Å²) in [6.07, 6.45) is 0. The molecular weight excluding hydrogens is 194 g/mol.